The normalized spacial score (nSPS) is 9.89. The van der Waals surface area contributed by atoms with Crippen molar-refractivity contribution in [1.82, 2.24) is 0 Å². The third-order valence-electron chi connectivity index (χ3n) is 2.44. The van der Waals surface area contributed by atoms with Gasteiger partial charge >= 0.3 is 0 Å². The Morgan fingerprint density at radius 2 is 1.89 bits per heavy atom. The van der Waals surface area contributed by atoms with E-state index in [0.29, 0.717) is 27.1 Å². The minimum atomic E-state index is 0.418. The molecule has 4 heteroatoms. The number of ether oxygens (including phenoxy) is 1. The van der Waals surface area contributed by atoms with Gasteiger partial charge in [-0.1, -0.05) is 35.3 Å². The number of hydrogen-bond donors (Lipinski definition) is 0. The summed E-state index contributed by atoms with van der Waals surface area (Å²) in [5.74, 6) is 1.09. The second-order valence-corrected chi connectivity index (χ2v) is 4.56. The zero-order valence-corrected chi connectivity index (χ0v) is 11.1. The molecule has 0 N–H and O–H groups in total. The van der Waals surface area contributed by atoms with Crippen LogP contribution < -0.4 is 4.74 Å². The minimum absolute atomic E-state index is 0.418. The molecule has 2 nitrogen and oxygen atoms in total. The summed E-state index contributed by atoms with van der Waals surface area (Å²) >= 11 is 11.8. The number of nitriles is 1. The Kier molecular flexibility index (Phi) is 3.76. The predicted octanol–water partition coefficient (Wildman–Crippen LogP) is 4.97. The Bertz CT molecular complexity index is 632. The Balaban J connectivity index is 2.40. The van der Waals surface area contributed by atoms with Gasteiger partial charge in [0.2, 0.25) is 0 Å². The molecule has 0 bridgehead atoms. The van der Waals surface area contributed by atoms with Crippen LogP contribution in [-0.2, 0) is 0 Å². The largest absolute Gasteiger partial charge is 0.456 e. The highest BCUT2D eigenvalue weighted by Gasteiger charge is 2.08. The van der Waals surface area contributed by atoms with Crippen molar-refractivity contribution in [2.24, 2.45) is 0 Å². The summed E-state index contributed by atoms with van der Waals surface area (Å²) in [6.45, 7) is 1.88. The van der Waals surface area contributed by atoms with Crippen molar-refractivity contribution in [2.75, 3.05) is 0 Å². The molecule has 0 saturated heterocycles. The van der Waals surface area contributed by atoms with E-state index in [4.69, 9.17) is 33.2 Å². The SMILES string of the molecule is Cc1cccc(C#N)c1Oc1ccc(Cl)c(Cl)c1. The Morgan fingerprint density at radius 1 is 1.11 bits per heavy atom. The van der Waals surface area contributed by atoms with Gasteiger partial charge in [0, 0.05) is 6.07 Å². The summed E-state index contributed by atoms with van der Waals surface area (Å²) in [4.78, 5) is 0. The van der Waals surface area contributed by atoms with Crippen molar-refractivity contribution in [3.05, 3.63) is 57.6 Å². The van der Waals surface area contributed by atoms with Crippen molar-refractivity contribution in [3.63, 3.8) is 0 Å². The van der Waals surface area contributed by atoms with E-state index in [-0.39, 0.29) is 0 Å². The fourth-order valence-electron chi connectivity index (χ4n) is 1.53. The first kappa shape index (κ1) is 12.8. The predicted molar refractivity (Wildman–Crippen MR) is 72.4 cm³/mol. The highest BCUT2D eigenvalue weighted by molar-refractivity contribution is 6.42. The van der Waals surface area contributed by atoms with Gasteiger partial charge < -0.3 is 4.74 Å². The highest BCUT2D eigenvalue weighted by atomic mass is 35.5. The molecule has 0 unspecified atom stereocenters. The van der Waals surface area contributed by atoms with E-state index in [1.54, 1.807) is 24.3 Å². The first-order valence-corrected chi connectivity index (χ1v) is 6.00. The number of nitrogens with zero attached hydrogens (tertiary/aromatic N) is 1. The molecular formula is C14H9Cl2NO. The van der Waals surface area contributed by atoms with E-state index >= 15 is 0 Å². The Labute approximate surface area is 115 Å². The first-order valence-electron chi connectivity index (χ1n) is 5.24. The van der Waals surface area contributed by atoms with Crippen LogP contribution in [0, 0.1) is 18.3 Å². The third-order valence-corrected chi connectivity index (χ3v) is 3.18. The topological polar surface area (TPSA) is 33.0 Å². The van der Waals surface area contributed by atoms with Gasteiger partial charge in [-0.15, -0.1) is 0 Å². The Hall–Kier alpha value is -1.69. The average molecular weight is 278 g/mol. The summed E-state index contributed by atoms with van der Waals surface area (Å²) in [6, 6.07) is 12.5. The number of para-hydroxylation sites is 1. The monoisotopic (exact) mass is 277 g/mol. The molecule has 0 aliphatic heterocycles. The molecule has 0 spiro atoms. The van der Waals surface area contributed by atoms with E-state index in [2.05, 4.69) is 6.07 Å². The molecule has 2 aromatic rings. The van der Waals surface area contributed by atoms with E-state index < -0.39 is 0 Å². The average Bonchev–Trinajstić information content (AvgIpc) is 2.36. The lowest BCUT2D eigenvalue weighted by Crippen LogP contribution is -1.91. The first-order chi connectivity index (χ1) is 8.61. The number of aryl methyl sites for hydroxylation is 1. The number of benzene rings is 2. The molecule has 0 heterocycles. The fraction of sp³-hybridized carbons (Fsp3) is 0.0714. The number of rotatable bonds is 2. The van der Waals surface area contributed by atoms with Crippen molar-refractivity contribution >= 4 is 23.2 Å². The summed E-state index contributed by atoms with van der Waals surface area (Å²) in [7, 11) is 0. The number of halogens is 2. The van der Waals surface area contributed by atoms with Crippen LogP contribution in [0.2, 0.25) is 10.0 Å². The van der Waals surface area contributed by atoms with Crippen LogP contribution in [-0.4, -0.2) is 0 Å². The summed E-state index contributed by atoms with van der Waals surface area (Å²) in [5, 5.41) is 9.93. The molecule has 0 aliphatic rings. The zero-order chi connectivity index (χ0) is 13.1. The van der Waals surface area contributed by atoms with Gasteiger partial charge in [0.15, 0.2) is 0 Å². The molecule has 0 fully saturated rings. The van der Waals surface area contributed by atoms with Crippen LogP contribution in [0.15, 0.2) is 36.4 Å². The maximum atomic E-state index is 9.04. The molecule has 0 radical (unpaired) electrons. The quantitative estimate of drug-likeness (QED) is 0.777. The molecule has 0 saturated carbocycles. The van der Waals surface area contributed by atoms with Gasteiger partial charge in [0.05, 0.1) is 15.6 Å². The molecular weight excluding hydrogens is 269 g/mol. The third kappa shape index (κ3) is 2.59. The Morgan fingerprint density at radius 3 is 2.56 bits per heavy atom. The van der Waals surface area contributed by atoms with Crippen molar-refractivity contribution in [3.8, 4) is 17.6 Å². The fourth-order valence-corrected chi connectivity index (χ4v) is 1.82. The maximum Gasteiger partial charge on any atom is 0.148 e. The van der Waals surface area contributed by atoms with Crippen LogP contribution >= 0.6 is 23.2 Å². The standard InChI is InChI=1S/C14H9Cl2NO/c1-9-3-2-4-10(8-17)14(9)18-11-5-6-12(15)13(16)7-11/h2-7H,1H3. The van der Waals surface area contributed by atoms with Crippen LogP contribution in [0.3, 0.4) is 0 Å². The van der Waals surface area contributed by atoms with Gasteiger partial charge in [-0.25, -0.2) is 0 Å². The van der Waals surface area contributed by atoms with E-state index in [9.17, 15) is 0 Å². The molecule has 0 atom stereocenters. The van der Waals surface area contributed by atoms with E-state index in [1.165, 1.54) is 0 Å². The lowest BCUT2D eigenvalue weighted by molar-refractivity contribution is 0.477. The van der Waals surface area contributed by atoms with Crippen molar-refractivity contribution < 1.29 is 4.74 Å². The minimum Gasteiger partial charge on any atom is -0.456 e. The highest BCUT2D eigenvalue weighted by Crippen LogP contribution is 2.32. The van der Waals surface area contributed by atoms with Crippen LogP contribution in [0.1, 0.15) is 11.1 Å². The molecule has 18 heavy (non-hydrogen) atoms. The van der Waals surface area contributed by atoms with Crippen LogP contribution in [0.25, 0.3) is 0 Å². The molecule has 2 aromatic carbocycles. The molecule has 2 rings (SSSR count). The van der Waals surface area contributed by atoms with Crippen molar-refractivity contribution in [2.45, 2.75) is 6.92 Å². The lowest BCUT2D eigenvalue weighted by Gasteiger charge is -2.10. The van der Waals surface area contributed by atoms with Gasteiger partial charge in [0.25, 0.3) is 0 Å². The van der Waals surface area contributed by atoms with Gasteiger partial charge in [0.1, 0.15) is 17.6 Å². The van der Waals surface area contributed by atoms with E-state index in [0.717, 1.165) is 5.56 Å². The second kappa shape index (κ2) is 5.30. The summed E-state index contributed by atoms with van der Waals surface area (Å²) < 4.78 is 5.70. The molecule has 0 amide bonds. The van der Waals surface area contributed by atoms with Gasteiger partial charge in [-0.3, -0.25) is 0 Å². The number of hydrogen-bond acceptors (Lipinski definition) is 2. The van der Waals surface area contributed by atoms with Crippen LogP contribution in [0.5, 0.6) is 11.5 Å². The van der Waals surface area contributed by atoms with Crippen molar-refractivity contribution in [1.29, 1.82) is 5.26 Å². The molecule has 0 aliphatic carbocycles. The summed E-state index contributed by atoms with van der Waals surface area (Å²) in [5.41, 5.74) is 1.38. The smallest absolute Gasteiger partial charge is 0.148 e. The van der Waals surface area contributed by atoms with Gasteiger partial charge in [-0.2, -0.15) is 5.26 Å². The van der Waals surface area contributed by atoms with Crippen LogP contribution in [0.4, 0.5) is 0 Å². The van der Waals surface area contributed by atoms with Gasteiger partial charge in [-0.05, 0) is 30.7 Å². The maximum absolute atomic E-state index is 9.04. The zero-order valence-electron chi connectivity index (χ0n) is 9.58. The second-order valence-electron chi connectivity index (χ2n) is 3.74. The van der Waals surface area contributed by atoms with E-state index in [1.807, 2.05) is 19.1 Å². The molecule has 90 valence electrons. The lowest BCUT2D eigenvalue weighted by atomic mass is 10.1. The molecule has 0 aromatic heterocycles. The summed E-state index contributed by atoms with van der Waals surface area (Å²) in [6.07, 6.45) is 0.